The highest BCUT2D eigenvalue weighted by Crippen LogP contribution is 2.18. The second-order valence-electron chi connectivity index (χ2n) is 3.56. The van der Waals surface area contributed by atoms with Crippen LogP contribution < -0.4 is 5.32 Å². The minimum Gasteiger partial charge on any atom is -0.478 e. The Balaban J connectivity index is 2.98. The van der Waals surface area contributed by atoms with Crippen molar-refractivity contribution < 1.29 is 20.1 Å². The molecule has 1 aromatic rings. The SMILES string of the molecule is Cc1ccc(NC(CO)CO)c(C(=O)O)c1. The van der Waals surface area contributed by atoms with E-state index < -0.39 is 12.0 Å². The Morgan fingerprint density at radius 2 is 2.00 bits per heavy atom. The second kappa shape index (κ2) is 5.48. The Kier molecular flexibility index (Phi) is 4.28. The Morgan fingerprint density at radius 1 is 1.38 bits per heavy atom. The third-order valence-electron chi connectivity index (χ3n) is 2.21. The fourth-order valence-electron chi connectivity index (χ4n) is 1.33. The summed E-state index contributed by atoms with van der Waals surface area (Å²) in [5, 5.41) is 29.6. The summed E-state index contributed by atoms with van der Waals surface area (Å²) in [6, 6.07) is 4.37. The van der Waals surface area contributed by atoms with Crippen molar-refractivity contribution >= 4 is 11.7 Å². The van der Waals surface area contributed by atoms with Crippen LogP contribution in [0.15, 0.2) is 18.2 Å². The number of rotatable bonds is 5. The van der Waals surface area contributed by atoms with Crippen molar-refractivity contribution in [3.63, 3.8) is 0 Å². The lowest BCUT2D eigenvalue weighted by atomic mass is 10.1. The van der Waals surface area contributed by atoms with E-state index in [1.54, 1.807) is 19.1 Å². The molecule has 0 atom stereocenters. The van der Waals surface area contributed by atoms with E-state index in [1.165, 1.54) is 6.07 Å². The number of hydrogen-bond acceptors (Lipinski definition) is 4. The van der Waals surface area contributed by atoms with Crippen LogP contribution in [0.25, 0.3) is 0 Å². The number of aliphatic hydroxyl groups excluding tert-OH is 2. The van der Waals surface area contributed by atoms with E-state index in [9.17, 15) is 4.79 Å². The highest BCUT2D eigenvalue weighted by atomic mass is 16.4. The van der Waals surface area contributed by atoms with Crippen LogP contribution in [0, 0.1) is 6.92 Å². The number of hydrogen-bond donors (Lipinski definition) is 4. The maximum Gasteiger partial charge on any atom is 0.337 e. The highest BCUT2D eigenvalue weighted by Gasteiger charge is 2.13. The van der Waals surface area contributed by atoms with E-state index in [-0.39, 0.29) is 18.8 Å². The molecule has 0 aliphatic heterocycles. The summed E-state index contributed by atoms with van der Waals surface area (Å²) in [7, 11) is 0. The summed E-state index contributed by atoms with van der Waals surface area (Å²) < 4.78 is 0. The van der Waals surface area contributed by atoms with Crippen molar-refractivity contribution in [1.82, 2.24) is 0 Å². The molecule has 0 radical (unpaired) electrons. The number of aryl methyl sites for hydroxylation is 1. The number of carboxylic acid groups (broad SMARTS) is 1. The zero-order valence-electron chi connectivity index (χ0n) is 8.97. The lowest BCUT2D eigenvalue weighted by Gasteiger charge is -2.16. The molecule has 0 fully saturated rings. The largest absolute Gasteiger partial charge is 0.478 e. The smallest absolute Gasteiger partial charge is 0.337 e. The third-order valence-corrected chi connectivity index (χ3v) is 2.21. The van der Waals surface area contributed by atoms with Gasteiger partial charge in [-0.2, -0.15) is 0 Å². The quantitative estimate of drug-likeness (QED) is 0.584. The molecule has 0 bridgehead atoms. The number of carbonyl (C=O) groups is 1. The molecule has 5 nitrogen and oxygen atoms in total. The first-order valence-corrected chi connectivity index (χ1v) is 4.90. The van der Waals surface area contributed by atoms with E-state index in [1.807, 2.05) is 0 Å². The molecule has 0 saturated carbocycles. The van der Waals surface area contributed by atoms with E-state index >= 15 is 0 Å². The zero-order chi connectivity index (χ0) is 12.1. The average Bonchev–Trinajstić information content (AvgIpc) is 2.27. The van der Waals surface area contributed by atoms with Gasteiger partial charge in [0.1, 0.15) is 0 Å². The summed E-state index contributed by atoms with van der Waals surface area (Å²) in [5.41, 5.74) is 1.37. The van der Waals surface area contributed by atoms with Crippen LogP contribution in [-0.2, 0) is 0 Å². The molecule has 0 spiro atoms. The number of carboxylic acids is 1. The molecule has 16 heavy (non-hydrogen) atoms. The molecule has 0 unspecified atom stereocenters. The average molecular weight is 225 g/mol. The summed E-state index contributed by atoms with van der Waals surface area (Å²) in [6.07, 6.45) is 0. The lowest BCUT2D eigenvalue weighted by molar-refractivity contribution is 0.0697. The van der Waals surface area contributed by atoms with E-state index in [2.05, 4.69) is 5.32 Å². The first-order valence-electron chi connectivity index (χ1n) is 4.90. The topological polar surface area (TPSA) is 89.8 Å². The molecule has 1 rings (SSSR count). The monoisotopic (exact) mass is 225 g/mol. The van der Waals surface area contributed by atoms with Gasteiger partial charge in [-0.15, -0.1) is 0 Å². The molecule has 0 heterocycles. The van der Waals surface area contributed by atoms with Crippen LogP contribution in [0.2, 0.25) is 0 Å². The van der Waals surface area contributed by atoms with E-state index in [4.69, 9.17) is 15.3 Å². The van der Waals surface area contributed by atoms with Gasteiger partial charge in [-0.1, -0.05) is 11.6 Å². The van der Waals surface area contributed by atoms with Crippen LogP contribution in [0.5, 0.6) is 0 Å². The van der Waals surface area contributed by atoms with Crippen molar-refractivity contribution in [3.05, 3.63) is 29.3 Å². The minimum absolute atomic E-state index is 0.131. The molecular formula is C11H15NO4. The van der Waals surface area contributed by atoms with Gasteiger partial charge in [0.2, 0.25) is 0 Å². The summed E-state index contributed by atoms with van der Waals surface area (Å²) in [4.78, 5) is 11.0. The van der Waals surface area contributed by atoms with Crippen molar-refractivity contribution in [2.45, 2.75) is 13.0 Å². The van der Waals surface area contributed by atoms with Gasteiger partial charge in [0.15, 0.2) is 0 Å². The molecule has 4 N–H and O–H groups in total. The van der Waals surface area contributed by atoms with Crippen LogP contribution in [-0.4, -0.2) is 40.5 Å². The first kappa shape index (κ1) is 12.5. The van der Waals surface area contributed by atoms with Crippen molar-refractivity contribution in [2.24, 2.45) is 0 Å². The number of aromatic carboxylic acids is 1. The van der Waals surface area contributed by atoms with Crippen LogP contribution >= 0.6 is 0 Å². The van der Waals surface area contributed by atoms with Crippen LogP contribution in [0.3, 0.4) is 0 Å². The summed E-state index contributed by atoms with van der Waals surface area (Å²) in [5.74, 6) is -1.04. The molecule has 0 saturated heterocycles. The number of anilines is 1. The van der Waals surface area contributed by atoms with Gasteiger partial charge >= 0.3 is 5.97 Å². The second-order valence-corrected chi connectivity index (χ2v) is 3.56. The standard InChI is InChI=1S/C11H15NO4/c1-7-2-3-10(9(4-7)11(15)16)12-8(5-13)6-14/h2-4,8,12-14H,5-6H2,1H3,(H,15,16). The Labute approximate surface area is 93.4 Å². The van der Waals surface area contributed by atoms with Gasteiger partial charge in [-0.05, 0) is 19.1 Å². The van der Waals surface area contributed by atoms with E-state index in [0.29, 0.717) is 5.69 Å². The molecule has 1 aromatic carbocycles. The molecular weight excluding hydrogens is 210 g/mol. The minimum atomic E-state index is -1.04. The molecule has 0 aliphatic carbocycles. The maximum absolute atomic E-state index is 11.0. The normalized spacial score (nSPS) is 10.5. The van der Waals surface area contributed by atoms with Crippen molar-refractivity contribution in [2.75, 3.05) is 18.5 Å². The molecule has 0 aromatic heterocycles. The van der Waals surface area contributed by atoms with Gasteiger partial charge in [-0.25, -0.2) is 4.79 Å². The number of aliphatic hydroxyl groups is 2. The molecule has 0 amide bonds. The van der Waals surface area contributed by atoms with Gasteiger partial charge in [0.25, 0.3) is 0 Å². The fourth-order valence-corrected chi connectivity index (χ4v) is 1.33. The summed E-state index contributed by atoms with van der Waals surface area (Å²) in [6.45, 7) is 1.28. The van der Waals surface area contributed by atoms with E-state index in [0.717, 1.165) is 5.56 Å². The fraction of sp³-hybridized carbons (Fsp3) is 0.364. The molecule has 0 aliphatic rings. The predicted molar refractivity (Wildman–Crippen MR) is 59.7 cm³/mol. The molecule has 5 heteroatoms. The predicted octanol–water partition coefficient (Wildman–Crippen LogP) is 0.458. The van der Waals surface area contributed by atoms with Gasteiger partial charge < -0.3 is 20.6 Å². The first-order chi connectivity index (χ1) is 7.58. The zero-order valence-corrected chi connectivity index (χ0v) is 8.97. The van der Waals surface area contributed by atoms with Gasteiger partial charge in [0, 0.05) is 5.69 Å². The number of nitrogens with one attached hydrogen (secondary N) is 1. The Morgan fingerprint density at radius 3 is 2.50 bits per heavy atom. The maximum atomic E-state index is 11.0. The third kappa shape index (κ3) is 2.95. The lowest BCUT2D eigenvalue weighted by Crippen LogP contribution is -2.28. The molecule has 88 valence electrons. The Hall–Kier alpha value is -1.59. The Bertz CT molecular complexity index is 374. The van der Waals surface area contributed by atoms with Gasteiger partial charge in [-0.3, -0.25) is 0 Å². The van der Waals surface area contributed by atoms with Crippen LogP contribution in [0.1, 0.15) is 15.9 Å². The van der Waals surface area contributed by atoms with Gasteiger partial charge in [0.05, 0.1) is 24.8 Å². The van der Waals surface area contributed by atoms with Crippen molar-refractivity contribution in [1.29, 1.82) is 0 Å². The summed E-state index contributed by atoms with van der Waals surface area (Å²) >= 11 is 0. The highest BCUT2D eigenvalue weighted by molar-refractivity contribution is 5.94. The van der Waals surface area contributed by atoms with Crippen LogP contribution in [0.4, 0.5) is 5.69 Å². The number of benzene rings is 1. The van der Waals surface area contributed by atoms with Crippen molar-refractivity contribution in [3.8, 4) is 0 Å².